The normalized spacial score (nSPS) is 11.3. The number of aromatic nitrogens is 6. The number of nitrogens with one attached hydrogen (secondary N) is 2. The molecule has 0 amide bonds. The summed E-state index contributed by atoms with van der Waals surface area (Å²) in [6.45, 7) is 1.31. The molecule has 0 fully saturated rings. The maximum absolute atomic E-state index is 6.43. The van der Waals surface area contributed by atoms with Gasteiger partial charge in [-0.25, -0.2) is 9.97 Å². The topological polar surface area (TPSA) is 107 Å². The Morgan fingerprint density at radius 1 is 1.35 bits per heavy atom. The summed E-state index contributed by atoms with van der Waals surface area (Å²) in [4.78, 5) is 9.05. The first-order chi connectivity index (χ1) is 12.8. The fourth-order valence-electron chi connectivity index (χ4n) is 2.55. The molecule has 0 aliphatic carbocycles. The molecule has 10 heteroatoms. The Labute approximate surface area is 153 Å². The highest BCUT2D eigenvalue weighted by Crippen LogP contribution is 2.29. The lowest BCUT2D eigenvalue weighted by Crippen LogP contribution is -2.03. The van der Waals surface area contributed by atoms with Crippen LogP contribution in [0.2, 0.25) is 5.15 Å². The van der Waals surface area contributed by atoms with Crippen LogP contribution in [0.3, 0.4) is 0 Å². The SMILES string of the molecule is COCCCn1ncc(Nc2nc(-c3ccoc3)nc3cn[nH]c23)c1Cl. The third-order valence-corrected chi connectivity index (χ3v) is 4.22. The third kappa shape index (κ3) is 3.14. The zero-order chi connectivity index (χ0) is 17.9. The monoisotopic (exact) mass is 373 g/mol. The molecule has 0 saturated carbocycles. The molecule has 4 heterocycles. The Balaban J connectivity index is 1.66. The van der Waals surface area contributed by atoms with Gasteiger partial charge >= 0.3 is 0 Å². The maximum Gasteiger partial charge on any atom is 0.165 e. The minimum Gasteiger partial charge on any atom is -0.472 e. The molecule has 0 spiro atoms. The molecule has 26 heavy (non-hydrogen) atoms. The van der Waals surface area contributed by atoms with Crippen LogP contribution in [0.5, 0.6) is 0 Å². The lowest BCUT2D eigenvalue weighted by atomic mass is 10.3. The quantitative estimate of drug-likeness (QED) is 0.479. The largest absolute Gasteiger partial charge is 0.472 e. The Morgan fingerprint density at radius 2 is 2.27 bits per heavy atom. The van der Waals surface area contributed by atoms with Gasteiger partial charge in [-0.3, -0.25) is 9.78 Å². The van der Waals surface area contributed by atoms with Crippen LogP contribution in [0.25, 0.3) is 22.4 Å². The van der Waals surface area contributed by atoms with Gasteiger partial charge in [0.25, 0.3) is 0 Å². The number of hydrogen-bond acceptors (Lipinski definition) is 7. The fraction of sp³-hybridized carbons (Fsp3) is 0.250. The number of fused-ring (bicyclic) bond motifs is 1. The Bertz CT molecular complexity index is 1010. The van der Waals surface area contributed by atoms with E-state index in [-0.39, 0.29) is 0 Å². The molecule has 0 radical (unpaired) electrons. The summed E-state index contributed by atoms with van der Waals surface area (Å²) in [6, 6.07) is 1.80. The van der Waals surface area contributed by atoms with E-state index in [1.54, 1.807) is 42.8 Å². The number of methoxy groups -OCH3 is 1. The summed E-state index contributed by atoms with van der Waals surface area (Å²) in [5, 5.41) is 15.0. The molecule has 0 aromatic carbocycles. The van der Waals surface area contributed by atoms with Crippen LogP contribution < -0.4 is 5.32 Å². The van der Waals surface area contributed by atoms with Crippen molar-refractivity contribution in [1.82, 2.24) is 29.9 Å². The Hall–Kier alpha value is -2.91. The zero-order valence-electron chi connectivity index (χ0n) is 13.9. The van der Waals surface area contributed by atoms with E-state index in [4.69, 9.17) is 20.8 Å². The van der Waals surface area contributed by atoms with Crippen LogP contribution in [0.15, 0.2) is 35.4 Å². The summed E-state index contributed by atoms with van der Waals surface area (Å²) < 4.78 is 11.9. The van der Waals surface area contributed by atoms with Crippen LogP contribution in [0, 0.1) is 0 Å². The second kappa shape index (κ2) is 7.14. The number of halogens is 1. The van der Waals surface area contributed by atoms with Gasteiger partial charge in [-0.15, -0.1) is 0 Å². The highest BCUT2D eigenvalue weighted by molar-refractivity contribution is 6.32. The predicted molar refractivity (Wildman–Crippen MR) is 96.4 cm³/mol. The third-order valence-electron chi connectivity index (χ3n) is 3.83. The van der Waals surface area contributed by atoms with E-state index in [1.807, 2.05) is 0 Å². The number of H-pyrrole nitrogens is 1. The van der Waals surface area contributed by atoms with Gasteiger partial charge in [0.2, 0.25) is 0 Å². The molecule has 4 aromatic rings. The van der Waals surface area contributed by atoms with Gasteiger partial charge < -0.3 is 14.5 Å². The molecule has 9 nitrogen and oxygen atoms in total. The highest BCUT2D eigenvalue weighted by Gasteiger charge is 2.15. The zero-order valence-corrected chi connectivity index (χ0v) is 14.7. The van der Waals surface area contributed by atoms with E-state index in [9.17, 15) is 0 Å². The van der Waals surface area contributed by atoms with E-state index in [2.05, 4.69) is 30.6 Å². The molecule has 0 aliphatic heterocycles. The second-order valence-corrected chi connectivity index (χ2v) is 5.94. The predicted octanol–water partition coefficient (Wildman–Crippen LogP) is 3.24. The van der Waals surface area contributed by atoms with Gasteiger partial charge in [0.15, 0.2) is 16.8 Å². The van der Waals surface area contributed by atoms with Crippen LogP contribution in [0.4, 0.5) is 11.5 Å². The number of furan rings is 1. The van der Waals surface area contributed by atoms with E-state index < -0.39 is 0 Å². The molecule has 134 valence electrons. The van der Waals surface area contributed by atoms with Crippen molar-refractivity contribution in [1.29, 1.82) is 0 Å². The lowest BCUT2D eigenvalue weighted by molar-refractivity contribution is 0.189. The average molecular weight is 374 g/mol. The molecule has 4 aromatic heterocycles. The van der Waals surface area contributed by atoms with Gasteiger partial charge in [-0.05, 0) is 12.5 Å². The maximum atomic E-state index is 6.43. The lowest BCUT2D eigenvalue weighted by Gasteiger charge is -2.07. The van der Waals surface area contributed by atoms with Crippen molar-refractivity contribution in [3.63, 3.8) is 0 Å². The highest BCUT2D eigenvalue weighted by atomic mass is 35.5. The molecule has 0 aliphatic rings. The smallest absolute Gasteiger partial charge is 0.165 e. The van der Waals surface area contributed by atoms with Crippen LogP contribution in [0.1, 0.15) is 6.42 Å². The second-order valence-electron chi connectivity index (χ2n) is 5.58. The number of hydrogen-bond donors (Lipinski definition) is 2. The first-order valence-corrected chi connectivity index (χ1v) is 8.35. The Morgan fingerprint density at radius 3 is 3.08 bits per heavy atom. The van der Waals surface area contributed by atoms with Gasteiger partial charge in [0.05, 0.1) is 29.9 Å². The first kappa shape index (κ1) is 16.6. The van der Waals surface area contributed by atoms with Crippen molar-refractivity contribution in [2.45, 2.75) is 13.0 Å². The fourth-order valence-corrected chi connectivity index (χ4v) is 2.77. The molecule has 0 atom stereocenters. The van der Waals surface area contributed by atoms with E-state index >= 15 is 0 Å². The summed E-state index contributed by atoms with van der Waals surface area (Å²) in [6.07, 6.45) is 7.29. The molecular weight excluding hydrogens is 358 g/mol. The van der Waals surface area contributed by atoms with Gasteiger partial charge in [0.1, 0.15) is 17.3 Å². The van der Waals surface area contributed by atoms with E-state index in [0.717, 1.165) is 12.0 Å². The van der Waals surface area contributed by atoms with Crippen molar-refractivity contribution in [3.05, 3.63) is 36.1 Å². The van der Waals surface area contributed by atoms with Crippen molar-refractivity contribution < 1.29 is 9.15 Å². The van der Waals surface area contributed by atoms with Crippen molar-refractivity contribution in [3.8, 4) is 11.4 Å². The minimum absolute atomic E-state index is 0.497. The van der Waals surface area contributed by atoms with Gasteiger partial charge in [-0.1, -0.05) is 11.6 Å². The summed E-state index contributed by atoms with van der Waals surface area (Å²) in [5.74, 6) is 1.08. The van der Waals surface area contributed by atoms with Crippen molar-refractivity contribution in [2.24, 2.45) is 0 Å². The van der Waals surface area contributed by atoms with Gasteiger partial charge in [0, 0.05) is 20.3 Å². The van der Waals surface area contributed by atoms with Crippen molar-refractivity contribution >= 4 is 34.1 Å². The number of nitrogens with zero attached hydrogens (tertiary/aromatic N) is 5. The van der Waals surface area contributed by atoms with Gasteiger partial charge in [-0.2, -0.15) is 10.2 Å². The van der Waals surface area contributed by atoms with Crippen LogP contribution in [-0.4, -0.2) is 43.7 Å². The summed E-state index contributed by atoms with van der Waals surface area (Å²) in [5.41, 5.74) is 2.79. The molecule has 0 saturated heterocycles. The molecular formula is C16H16ClN7O2. The minimum atomic E-state index is 0.497. The number of aryl methyl sites for hydroxylation is 1. The molecule has 0 bridgehead atoms. The average Bonchev–Trinajstić information content (AvgIpc) is 3.38. The van der Waals surface area contributed by atoms with Crippen molar-refractivity contribution in [2.75, 3.05) is 19.0 Å². The number of anilines is 2. The summed E-state index contributed by atoms with van der Waals surface area (Å²) >= 11 is 6.43. The van der Waals surface area contributed by atoms with E-state index in [1.165, 1.54) is 0 Å². The number of ether oxygens (including phenoxy) is 1. The first-order valence-electron chi connectivity index (χ1n) is 7.97. The Kier molecular flexibility index (Phi) is 4.55. The molecule has 2 N–H and O–H groups in total. The standard InChI is InChI=1S/C16H16ClN7O2/c1-25-5-2-4-24-14(17)12(8-19-24)21-16-13-11(7-18-23-13)20-15(22-16)10-3-6-26-9-10/h3,6-9H,2,4-5H2,1H3,(H,18,23)(H,20,21,22). The number of aromatic amines is 1. The molecule has 0 unspecified atom stereocenters. The van der Waals surface area contributed by atoms with E-state index in [0.29, 0.717) is 46.7 Å². The van der Waals surface area contributed by atoms with Crippen LogP contribution in [-0.2, 0) is 11.3 Å². The molecule has 4 rings (SSSR count). The van der Waals surface area contributed by atoms with Crippen LogP contribution >= 0.6 is 11.6 Å². The number of rotatable bonds is 7. The summed E-state index contributed by atoms with van der Waals surface area (Å²) in [7, 11) is 1.67.